The summed E-state index contributed by atoms with van der Waals surface area (Å²) < 4.78 is 7.71. The number of carbonyl (C=O) groups excluding carboxylic acids is 3. The first-order valence-corrected chi connectivity index (χ1v) is 11.2. The van der Waals surface area contributed by atoms with Gasteiger partial charge in [-0.15, -0.1) is 0 Å². The van der Waals surface area contributed by atoms with Crippen molar-refractivity contribution in [3.63, 3.8) is 0 Å². The van der Waals surface area contributed by atoms with Crippen molar-refractivity contribution in [2.24, 2.45) is 0 Å². The first kappa shape index (κ1) is 22.0. The number of hydrogen-bond donors (Lipinski definition) is 0. The molecule has 1 aromatic heterocycles. The third-order valence-corrected chi connectivity index (χ3v) is 6.18. The molecule has 2 aliphatic heterocycles. The fraction of sp³-hybridized carbons (Fsp3) is 0.522. The van der Waals surface area contributed by atoms with Gasteiger partial charge in [0, 0.05) is 13.0 Å². The van der Waals surface area contributed by atoms with Crippen LogP contribution in [0.25, 0.3) is 0 Å². The molecule has 0 bridgehead atoms. The largest absolute Gasteiger partial charge is 0.460 e. The molecule has 9 heteroatoms. The smallest absolute Gasteiger partial charge is 0.376 e. The van der Waals surface area contributed by atoms with Crippen molar-refractivity contribution in [1.82, 2.24) is 19.2 Å². The van der Waals surface area contributed by atoms with Crippen molar-refractivity contribution in [1.29, 1.82) is 0 Å². The monoisotopic (exact) mass is 440 g/mol. The van der Waals surface area contributed by atoms with Gasteiger partial charge in [0.25, 0.3) is 5.78 Å². The maximum atomic E-state index is 13.4. The molecule has 0 radical (unpaired) electrons. The number of benzene rings is 1. The number of rotatable bonds is 6. The summed E-state index contributed by atoms with van der Waals surface area (Å²) in [5.41, 5.74) is 1.76. The van der Waals surface area contributed by atoms with Crippen LogP contribution < -0.4 is 5.69 Å². The molecule has 3 heterocycles. The van der Waals surface area contributed by atoms with Gasteiger partial charge in [0.15, 0.2) is 0 Å². The molecule has 1 amide bonds. The molecule has 2 aromatic rings. The van der Waals surface area contributed by atoms with Gasteiger partial charge in [-0.3, -0.25) is 14.2 Å². The maximum absolute atomic E-state index is 13.4. The SMILES string of the molecule is CCOC(=O)C(=O)[C@@H]1CCCN1C(=O)[C@@H]1CCCc2nn(Cc3ccc(C)cc3)c(=O)n21. The average molecular weight is 441 g/mol. The highest BCUT2D eigenvalue weighted by atomic mass is 16.5. The number of aromatic nitrogens is 3. The fourth-order valence-corrected chi connectivity index (χ4v) is 4.57. The Hall–Kier alpha value is -3.23. The van der Waals surface area contributed by atoms with Crippen molar-refractivity contribution in [3.8, 4) is 0 Å². The van der Waals surface area contributed by atoms with Crippen LogP contribution in [0, 0.1) is 6.92 Å². The van der Waals surface area contributed by atoms with E-state index in [2.05, 4.69) is 5.10 Å². The summed E-state index contributed by atoms with van der Waals surface area (Å²) >= 11 is 0. The summed E-state index contributed by atoms with van der Waals surface area (Å²) in [5.74, 6) is -1.33. The molecular formula is C23H28N4O5. The summed E-state index contributed by atoms with van der Waals surface area (Å²) in [5, 5.41) is 4.49. The lowest BCUT2D eigenvalue weighted by atomic mass is 10.0. The van der Waals surface area contributed by atoms with E-state index in [4.69, 9.17) is 4.74 Å². The summed E-state index contributed by atoms with van der Waals surface area (Å²) in [6.07, 6.45) is 2.89. The minimum absolute atomic E-state index is 0.104. The lowest BCUT2D eigenvalue weighted by Gasteiger charge is -2.30. The van der Waals surface area contributed by atoms with Crippen molar-refractivity contribution < 1.29 is 19.1 Å². The fourth-order valence-electron chi connectivity index (χ4n) is 4.57. The number of hydrogen-bond acceptors (Lipinski definition) is 6. The number of Topliss-reactive ketones (excluding diaryl/α,β-unsaturated/α-hetero) is 1. The molecule has 32 heavy (non-hydrogen) atoms. The average Bonchev–Trinajstić information content (AvgIpc) is 3.39. The van der Waals surface area contributed by atoms with Crippen LogP contribution in [0.3, 0.4) is 0 Å². The minimum Gasteiger partial charge on any atom is -0.460 e. The van der Waals surface area contributed by atoms with Crippen LogP contribution in [0.4, 0.5) is 0 Å². The van der Waals surface area contributed by atoms with Crippen LogP contribution in [-0.4, -0.2) is 56.1 Å². The van der Waals surface area contributed by atoms with Crippen molar-refractivity contribution in [3.05, 3.63) is 51.7 Å². The number of likely N-dealkylation sites (tertiary alicyclic amines) is 1. The van der Waals surface area contributed by atoms with E-state index in [1.807, 2.05) is 31.2 Å². The highest BCUT2D eigenvalue weighted by Gasteiger charge is 2.42. The quantitative estimate of drug-likeness (QED) is 0.497. The van der Waals surface area contributed by atoms with Gasteiger partial charge in [0.2, 0.25) is 5.91 Å². The van der Waals surface area contributed by atoms with E-state index >= 15 is 0 Å². The zero-order valence-corrected chi connectivity index (χ0v) is 18.5. The Balaban J connectivity index is 1.58. The third kappa shape index (κ3) is 4.11. The molecule has 4 rings (SSSR count). The van der Waals surface area contributed by atoms with Crippen LogP contribution in [0.5, 0.6) is 0 Å². The predicted molar refractivity (Wildman–Crippen MR) is 115 cm³/mol. The zero-order chi connectivity index (χ0) is 22.8. The highest BCUT2D eigenvalue weighted by molar-refractivity contribution is 6.36. The second-order valence-electron chi connectivity index (χ2n) is 8.39. The van der Waals surface area contributed by atoms with E-state index < -0.39 is 23.8 Å². The highest BCUT2D eigenvalue weighted by Crippen LogP contribution is 2.28. The van der Waals surface area contributed by atoms with Crippen LogP contribution in [0.15, 0.2) is 29.1 Å². The van der Waals surface area contributed by atoms with E-state index in [9.17, 15) is 19.2 Å². The molecule has 2 atom stereocenters. The molecule has 0 N–H and O–H groups in total. The molecule has 1 saturated heterocycles. The molecule has 9 nitrogen and oxygen atoms in total. The first-order valence-electron chi connectivity index (χ1n) is 11.2. The Morgan fingerprint density at radius 2 is 1.81 bits per heavy atom. The Bertz CT molecular complexity index is 1080. The molecule has 0 saturated carbocycles. The lowest BCUT2D eigenvalue weighted by Crippen LogP contribution is -2.48. The van der Waals surface area contributed by atoms with E-state index in [0.717, 1.165) is 17.5 Å². The summed E-state index contributed by atoms with van der Waals surface area (Å²) in [4.78, 5) is 52.5. The van der Waals surface area contributed by atoms with E-state index in [0.29, 0.717) is 44.6 Å². The molecule has 170 valence electrons. The number of esters is 1. The van der Waals surface area contributed by atoms with Crippen LogP contribution in [0.1, 0.15) is 55.6 Å². The Morgan fingerprint density at radius 1 is 1.09 bits per heavy atom. The number of fused-ring (bicyclic) bond motifs is 1. The van der Waals surface area contributed by atoms with E-state index in [-0.39, 0.29) is 18.2 Å². The van der Waals surface area contributed by atoms with Gasteiger partial charge in [0.05, 0.1) is 13.2 Å². The van der Waals surface area contributed by atoms with Crippen LogP contribution in [0.2, 0.25) is 0 Å². The first-order chi connectivity index (χ1) is 15.4. The Labute approximate surface area is 186 Å². The summed E-state index contributed by atoms with van der Waals surface area (Å²) in [6, 6.07) is 6.34. The number of nitrogens with zero attached hydrogens (tertiary/aromatic N) is 4. The predicted octanol–water partition coefficient (Wildman–Crippen LogP) is 1.40. The van der Waals surface area contributed by atoms with Crippen molar-refractivity contribution >= 4 is 17.7 Å². The second-order valence-corrected chi connectivity index (χ2v) is 8.39. The number of ether oxygens (including phenoxy) is 1. The Kier molecular flexibility index (Phi) is 6.25. The topological polar surface area (TPSA) is 104 Å². The van der Waals surface area contributed by atoms with Crippen LogP contribution >= 0.6 is 0 Å². The third-order valence-electron chi connectivity index (χ3n) is 6.18. The van der Waals surface area contributed by atoms with Gasteiger partial charge in [-0.05, 0) is 45.1 Å². The van der Waals surface area contributed by atoms with Gasteiger partial charge in [-0.2, -0.15) is 5.10 Å². The van der Waals surface area contributed by atoms with Gasteiger partial charge in [-0.25, -0.2) is 14.3 Å². The van der Waals surface area contributed by atoms with Crippen molar-refractivity contribution in [2.75, 3.05) is 13.2 Å². The Morgan fingerprint density at radius 3 is 2.53 bits per heavy atom. The minimum atomic E-state index is -0.912. The zero-order valence-electron chi connectivity index (χ0n) is 18.5. The standard InChI is InChI=1S/C23H28N4O5/c1-3-32-22(30)20(28)17-7-5-13-25(17)21(29)18-6-4-8-19-24-26(23(31)27(18)19)14-16-11-9-15(2)10-12-16/h9-12,17-18H,3-8,13-14H2,1-2H3/t17-,18-/m0/s1. The van der Waals surface area contributed by atoms with Gasteiger partial charge >= 0.3 is 11.7 Å². The second kappa shape index (κ2) is 9.10. The maximum Gasteiger partial charge on any atom is 0.376 e. The number of amides is 1. The van der Waals surface area contributed by atoms with E-state index in [1.165, 1.54) is 14.1 Å². The molecule has 0 spiro atoms. The molecule has 0 unspecified atom stereocenters. The number of aryl methyl sites for hydroxylation is 2. The summed E-state index contributed by atoms with van der Waals surface area (Å²) in [7, 11) is 0. The molecule has 2 aliphatic rings. The van der Waals surface area contributed by atoms with Crippen molar-refractivity contribution in [2.45, 2.75) is 64.6 Å². The van der Waals surface area contributed by atoms with Crippen LogP contribution in [-0.2, 0) is 32.1 Å². The lowest BCUT2D eigenvalue weighted by molar-refractivity contribution is -0.157. The number of carbonyl (C=O) groups is 3. The van der Waals surface area contributed by atoms with E-state index in [1.54, 1.807) is 6.92 Å². The number of ketones is 1. The van der Waals surface area contributed by atoms with Gasteiger partial charge in [0.1, 0.15) is 17.9 Å². The molecule has 1 aromatic carbocycles. The molecule has 1 fully saturated rings. The van der Waals surface area contributed by atoms with Gasteiger partial charge < -0.3 is 9.64 Å². The molecule has 0 aliphatic carbocycles. The molecular weight excluding hydrogens is 412 g/mol. The van der Waals surface area contributed by atoms with Gasteiger partial charge in [-0.1, -0.05) is 29.8 Å². The normalized spacial score (nSPS) is 20.1. The summed E-state index contributed by atoms with van der Waals surface area (Å²) in [6.45, 7) is 4.44.